The van der Waals surface area contributed by atoms with Gasteiger partial charge in [-0.2, -0.15) is 5.10 Å². The molecule has 0 bridgehead atoms. The van der Waals surface area contributed by atoms with Crippen LogP contribution in [-0.4, -0.2) is 34.3 Å². The molecule has 0 radical (unpaired) electrons. The molecule has 1 heterocycles. The molecule has 2 amide bonds. The average Bonchev–Trinajstić information content (AvgIpc) is 2.52. The van der Waals surface area contributed by atoms with Gasteiger partial charge < -0.3 is 15.4 Å². The van der Waals surface area contributed by atoms with Crippen molar-refractivity contribution < 1.29 is 14.3 Å². The van der Waals surface area contributed by atoms with Gasteiger partial charge >= 0.3 is 6.09 Å². The standard InChI is InChI=1S/C17H20N4O4/c1-17(2,3)25-16(24)18-10-15(23)19-12-6-4-5-11(9-12)13-7-8-14(22)21-20-13/h4-9H,10H2,1-3H3,(H,18,24)(H,19,23)(H,21,22). The maximum absolute atomic E-state index is 11.9. The summed E-state index contributed by atoms with van der Waals surface area (Å²) in [5.74, 6) is -0.391. The van der Waals surface area contributed by atoms with E-state index in [1.54, 1.807) is 51.1 Å². The summed E-state index contributed by atoms with van der Waals surface area (Å²) in [6.45, 7) is 5.01. The van der Waals surface area contributed by atoms with Gasteiger partial charge in [-0.25, -0.2) is 9.89 Å². The molecule has 8 nitrogen and oxygen atoms in total. The van der Waals surface area contributed by atoms with Gasteiger partial charge in [-0.1, -0.05) is 12.1 Å². The largest absolute Gasteiger partial charge is 0.444 e. The molecule has 0 aliphatic rings. The van der Waals surface area contributed by atoms with Gasteiger partial charge in [-0.15, -0.1) is 0 Å². The highest BCUT2D eigenvalue weighted by Crippen LogP contribution is 2.19. The van der Waals surface area contributed by atoms with Crippen molar-refractivity contribution in [3.05, 3.63) is 46.8 Å². The Balaban J connectivity index is 1.95. The number of aromatic amines is 1. The molecular formula is C17H20N4O4. The smallest absolute Gasteiger partial charge is 0.408 e. The average molecular weight is 344 g/mol. The quantitative estimate of drug-likeness (QED) is 0.784. The van der Waals surface area contributed by atoms with Crippen molar-refractivity contribution in [2.24, 2.45) is 0 Å². The maximum Gasteiger partial charge on any atom is 0.408 e. The third-order valence-electron chi connectivity index (χ3n) is 2.91. The van der Waals surface area contributed by atoms with E-state index in [9.17, 15) is 14.4 Å². The van der Waals surface area contributed by atoms with E-state index in [0.29, 0.717) is 11.4 Å². The number of hydrogen-bond donors (Lipinski definition) is 3. The van der Waals surface area contributed by atoms with Gasteiger partial charge in [-0.3, -0.25) is 9.59 Å². The third kappa shape index (κ3) is 6.09. The minimum atomic E-state index is -0.658. The fourth-order valence-corrected chi connectivity index (χ4v) is 1.93. The number of alkyl carbamates (subject to hydrolysis) is 1. The fraction of sp³-hybridized carbons (Fsp3) is 0.294. The highest BCUT2D eigenvalue weighted by atomic mass is 16.6. The van der Waals surface area contributed by atoms with E-state index in [1.165, 1.54) is 6.07 Å². The summed E-state index contributed by atoms with van der Waals surface area (Å²) < 4.78 is 5.06. The lowest BCUT2D eigenvalue weighted by Crippen LogP contribution is -2.37. The maximum atomic E-state index is 11.9. The Labute approximate surface area is 144 Å². The third-order valence-corrected chi connectivity index (χ3v) is 2.91. The number of anilines is 1. The first kappa shape index (κ1) is 18.2. The zero-order chi connectivity index (χ0) is 18.4. The number of rotatable bonds is 4. The van der Waals surface area contributed by atoms with E-state index in [-0.39, 0.29) is 12.1 Å². The Morgan fingerprint density at radius 1 is 1.20 bits per heavy atom. The number of H-pyrrole nitrogens is 1. The molecule has 0 aliphatic heterocycles. The predicted molar refractivity (Wildman–Crippen MR) is 93.2 cm³/mol. The summed E-state index contributed by atoms with van der Waals surface area (Å²) in [7, 11) is 0. The second-order valence-corrected chi connectivity index (χ2v) is 6.29. The van der Waals surface area contributed by atoms with Gasteiger partial charge in [0, 0.05) is 17.3 Å². The van der Waals surface area contributed by atoms with Crippen LogP contribution in [0.4, 0.5) is 10.5 Å². The van der Waals surface area contributed by atoms with Crippen molar-refractivity contribution in [2.45, 2.75) is 26.4 Å². The summed E-state index contributed by atoms with van der Waals surface area (Å²) in [6, 6.07) is 9.93. The van der Waals surface area contributed by atoms with Gasteiger partial charge in [-0.05, 0) is 39.0 Å². The van der Waals surface area contributed by atoms with Crippen molar-refractivity contribution in [3.63, 3.8) is 0 Å². The zero-order valence-electron chi connectivity index (χ0n) is 14.3. The minimum Gasteiger partial charge on any atom is -0.444 e. The molecule has 0 spiro atoms. The SMILES string of the molecule is CC(C)(C)OC(=O)NCC(=O)Nc1cccc(-c2ccc(=O)[nH]n2)c1. The number of nitrogens with one attached hydrogen (secondary N) is 3. The highest BCUT2D eigenvalue weighted by molar-refractivity contribution is 5.94. The molecule has 2 aromatic rings. The summed E-state index contributed by atoms with van der Waals surface area (Å²) in [5.41, 5.74) is 0.929. The molecule has 1 aromatic carbocycles. The Bertz CT molecular complexity index is 803. The monoisotopic (exact) mass is 344 g/mol. The Morgan fingerprint density at radius 2 is 1.96 bits per heavy atom. The van der Waals surface area contributed by atoms with Crippen LogP contribution in [0.1, 0.15) is 20.8 Å². The van der Waals surface area contributed by atoms with E-state index in [1.807, 2.05) is 0 Å². The minimum absolute atomic E-state index is 0.212. The molecule has 0 saturated heterocycles. The molecular weight excluding hydrogens is 324 g/mol. The van der Waals surface area contributed by atoms with E-state index >= 15 is 0 Å². The molecule has 132 valence electrons. The van der Waals surface area contributed by atoms with Crippen LogP contribution in [0.5, 0.6) is 0 Å². The first-order valence-corrected chi connectivity index (χ1v) is 7.66. The van der Waals surface area contributed by atoms with Gasteiger partial charge in [0.15, 0.2) is 0 Å². The second kappa shape index (κ2) is 7.61. The van der Waals surface area contributed by atoms with E-state index < -0.39 is 17.6 Å². The van der Waals surface area contributed by atoms with E-state index in [2.05, 4.69) is 20.8 Å². The Hall–Kier alpha value is -3.16. The molecule has 25 heavy (non-hydrogen) atoms. The van der Waals surface area contributed by atoms with Crippen LogP contribution < -0.4 is 16.2 Å². The van der Waals surface area contributed by atoms with Crippen LogP contribution in [0.15, 0.2) is 41.2 Å². The number of benzene rings is 1. The summed E-state index contributed by atoms with van der Waals surface area (Å²) in [4.78, 5) is 34.5. The Kier molecular flexibility index (Phi) is 5.53. The van der Waals surface area contributed by atoms with Crippen molar-refractivity contribution >= 4 is 17.7 Å². The molecule has 0 aliphatic carbocycles. The molecule has 2 rings (SSSR count). The number of ether oxygens (including phenoxy) is 1. The number of amides is 2. The molecule has 0 unspecified atom stereocenters. The number of aromatic nitrogens is 2. The summed E-state index contributed by atoms with van der Waals surface area (Å²) in [5, 5.41) is 11.4. The Morgan fingerprint density at radius 3 is 2.60 bits per heavy atom. The lowest BCUT2D eigenvalue weighted by molar-refractivity contribution is -0.115. The molecule has 8 heteroatoms. The van der Waals surface area contributed by atoms with Gasteiger partial charge in [0.2, 0.25) is 5.91 Å². The molecule has 0 fully saturated rings. The molecule has 3 N–H and O–H groups in total. The number of carbonyl (C=O) groups excluding carboxylic acids is 2. The van der Waals surface area contributed by atoms with Crippen LogP contribution in [-0.2, 0) is 9.53 Å². The van der Waals surface area contributed by atoms with E-state index in [4.69, 9.17) is 4.74 Å². The molecule has 1 aromatic heterocycles. The normalized spacial score (nSPS) is 10.8. The molecule has 0 atom stereocenters. The number of nitrogens with zero attached hydrogens (tertiary/aromatic N) is 1. The zero-order valence-corrected chi connectivity index (χ0v) is 14.3. The van der Waals surface area contributed by atoms with Crippen molar-refractivity contribution in [3.8, 4) is 11.3 Å². The lowest BCUT2D eigenvalue weighted by Gasteiger charge is -2.19. The van der Waals surface area contributed by atoms with Crippen LogP contribution in [0.25, 0.3) is 11.3 Å². The van der Waals surface area contributed by atoms with Gasteiger partial charge in [0.25, 0.3) is 5.56 Å². The van der Waals surface area contributed by atoms with Crippen LogP contribution in [0, 0.1) is 0 Å². The molecule has 0 saturated carbocycles. The first-order valence-electron chi connectivity index (χ1n) is 7.66. The number of hydrogen-bond acceptors (Lipinski definition) is 5. The van der Waals surface area contributed by atoms with Crippen LogP contribution in [0.3, 0.4) is 0 Å². The van der Waals surface area contributed by atoms with E-state index in [0.717, 1.165) is 5.56 Å². The van der Waals surface area contributed by atoms with Crippen LogP contribution >= 0.6 is 0 Å². The van der Waals surface area contributed by atoms with Crippen molar-refractivity contribution in [1.29, 1.82) is 0 Å². The summed E-state index contributed by atoms with van der Waals surface area (Å²) >= 11 is 0. The topological polar surface area (TPSA) is 113 Å². The highest BCUT2D eigenvalue weighted by Gasteiger charge is 2.16. The second-order valence-electron chi connectivity index (χ2n) is 6.29. The van der Waals surface area contributed by atoms with Crippen LogP contribution in [0.2, 0.25) is 0 Å². The first-order chi connectivity index (χ1) is 11.7. The fourth-order valence-electron chi connectivity index (χ4n) is 1.93. The van der Waals surface area contributed by atoms with Gasteiger partial charge in [0.1, 0.15) is 12.1 Å². The van der Waals surface area contributed by atoms with Crippen molar-refractivity contribution in [1.82, 2.24) is 15.5 Å². The van der Waals surface area contributed by atoms with Gasteiger partial charge in [0.05, 0.1) is 5.69 Å². The lowest BCUT2D eigenvalue weighted by atomic mass is 10.1. The summed E-state index contributed by atoms with van der Waals surface area (Å²) in [6.07, 6.45) is -0.658. The van der Waals surface area contributed by atoms with Crippen molar-refractivity contribution in [2.75, 3.05) is 11.9 Å². The predicted octanol–water partition coefficient (Wildman–Crippen LogP) is 1.90. The number of carbonyl (C=O) groups is 2.